The average Bonchev–Trinajstić information content (AvgIpc) is 2.70. The Balaban J connectivity index is 1.59. The minimum atomic E-state index is -3.46. The van der Waals surface area contributed by atoms with Crippen LogP contribution in [0.25, 0.3) is 0 Å². The van der Waals surface area contributed by atoms with Crippen molar-refractivity contribution in [3.05, 3.63) is 59.7 Å². The highest BCUT2D eigenvalue weighted by molar-refractivity contribution is 7.92. The van der Waals surface area contributed by atoms with Crippen molar-refractivity contribution in [2.45, 2.75) is 38.1 Å². The number of carbonyl (C=O) groups excluding carboxylic acids is 1. The highest BCUT2D eigenvalue weighted by atomic mass is 32.2. The molecule has 7 heteroatoms. The Kier molecular flexibility index (Phi) is 6.79. The molecule has 0 bridgehead atoms. The van der Waals surface area contributed by atoms with Gasteiger partial charge in [-0.2, -0.15) is 0 Å². The second kappa shape index (κ2) is 9.31. The fourth-order valence-corrected chi connectivity index (χ4v) is 4.76. The van der Waals surface area contributed by atoms with Crippen molar-refractivity contribution in [2.24, 2.45) is 0 Å². The average molecular weight is 417 g/mol. The number of hydrogen-bond acceptors (Lipinski definition) is 4. The summed E-state index contributed by atoms with van der Waals surface area (Å²) in [5.41, 5.74) is 3.03. The first-order valence-electron chi connectivity index (χ1n) is 9.87. The fourth-order valence-electron chi connectivity index (χ4n) is 3.81. The van der Waals surface area contributed by atoms with Gasteiger partial charge in [0.15, 0.2) is 0 Å². The summed E-state index contributed by atoms with van der Waals surface area (Å²) >= 11 is 0. The summed E-state index contributed by atoms with van der Waals surface area (Å²) < 4.78 is 31.0. The van der Waals surface area contributed by atoms with Gasteiger partial charge in [0.05, 0.1) is 25.1 Å². The van der Waals surface area contributed by atoms with Gasteiger partial charge in [0, 0.05) is 19.0 Å². The molecule has 1 atom stereocenters. The number of benzene rings is 2. The molecule has 0 aromatic heterocycles. The predicted molar refractivity (Wildman–Crippen MR) is 115 cm³/mol. The third kappa shape index (κ3) is 5.50. The lowest BCUT2D eigenvalue weighted by molar-refractivity contribution is -0.122. The van der Waals surface area contributed by atoms with Crippen molar-refractivity contribution in [3.63, 3.8) is 0 Å². The van der Waals surface area contributed by atoms with Gasteiger partial charge >= 0.3 is 0 Å². The van der Waals surface area contributed by atoms with Crippen molar-refractivity contribution in [2.75, 3.05) is 24.2 Å². The van der Waals surface area contributed by atoms with E-state index in [0.717, 1.165) is 19.3 Å². The van der Waals surface area contributed by atoms with E-state index in [-0.39, 0.29) is 24.9 Å². The first-order chi connectivity index (χ1) is 13.9. The first-order valence-corrected chi connectivity index (χ1v) is 11.7. The van der Waals surface area contributed by atoms with Crippen LogP contribution >= 0.6 is 0 Å². The quantitative estimate of drug-likeness (QED) is 0.715. The lowest BCUT2D eigenvalue weighted by Gasteiger charge is -2.26. The Morgan fingerprint density at radius 2 is 2.00 bits per heavy atom. The Morgan fingerprint density at radius 3 is 2.76 bits per heavy atom. The normalized spacial score (nSPS) is 16.0. The summed E-state index contributed by atoms with van der Waals surface area (Å²) in [6, 6.07) is 15.2. The van der Waals surface area contributed by atoms with E-state index in [2.05, 4.69) is 17.4 Å². The molecule has 1 aliphatic rings. The van der Waals surface area contributed by atoms with Gasteiger partial charge < -0.3 is 10.1 Å². The third-order valence-electron chi connectivity index (χ3n) is 5.21. The van der Waals surface area contributed by atoms with Crippen LogP contribution in [0, 0.1) is 0 Å². The summed E-state index contributed by atoms with van der Waals surface area (Å²) in [5, 5.41) is 3.12. The number of anilines is 1. The molecule has 0 heterocycles. The third-order valence-corrected chi connectivity index (χ3v) is 6.41. The molecule has 6 nitrogen and oxygen atoms in total. The second-order valence-corrected chi connectivity index (χ2v) is 9.26. The number of nitrogens with zero attached hydrogens (tertiary/aromatic N) is 1. The standard InChI is InChI=1S/C22H28N2O4S/c1-28-19-11-6-10-18(16-19)24(29(2,26)27)15-7-14-22(25)23-21-13-5-9-17-8-3-4-12-20(17)21/h3-4,6,8,10-12,16,21H,5,7,9,13-15H2,1-2H3,(H,23,25)/t21-/m0/s1. The summed E-state index contributed by atoms with van der Waals surface area (Å²) in [5.74, 6) is 0.538. The number of amides is 1. The molecule has 0 radical (unpaired) electrons. The Morgan fingerprint density at radius 1 is 1.21 bits per heavy atom. The maximum Gasteiger partial charge on any atom is 0.232 e. The predicted octanol–water partition coefficient (Wildman–Crippen LogP) is 3.44. The maximum atomic E-state index is 12.5. The van der Waals surface area contributed by atoms with E-state index >= 15 is 0 Å². The van der Waals surface area contributed by atoms with Gasteiger partial charge in [-0.15, -0.1) is 0 Å². The number of methoxy groups -OCH3 is 1. The van der Waals surface area contributed by atoms with E-state index in [1.807, 2.05) is 12.1 Å². The van der Waals surface area contributed by atoms with Crippen molar-refractivity contribution >= 4 is 21.6 Å². The van der Waals surface area contributed by atoms with Gasteiger partial charge in [0.1, 0.15) is 5.75 Å². The number of hydrogen-bond donors (Lipinski definition) is 1. The molecule has 0 aliphatic heterocycles. The van der Waals surface area contributed by atoms with Crippen LogP contribution in [0.2, 0.25) is 0 Å². The Hall–Kier alpha value is -2.54. The van der Waals surface area contributed by atoms with Gasteiger partial charge in [-0.3, -0.25) is 9.10 Å². The summed E-state index contributed by atoms with van der Waals surface area (Å²) in [4.78, 5) is 12.5. The maximum absolute atomic E-state index is 12.5. The molecule has 0 unspecified atom stereocenters. The zero-order valence-corrected chi connectivity index (χ0v) is 17.7. The van der Waals surface area contributed by atoms with E-state index in [4.69, 9.17) is 4.74 Å². The Bertz CT molecular complexity index is 959. The highest BCUT2D eigenvalue weighted by Gasteiger charge is 2.22. The SMILES string of the molecule is COc1cccc(N(CCCC(=O)N[C@H]2CCCc3ccccc32)S(C)(=O)=O)c1. The minimum absolute atomic E-state index is 0.0387. The van der Waals surface area contributed by atoms with Crippen LogP contribution in [-0.4, -0.2) is 34.2 Å². The van der Waals surface area contributed by atoms with Crippen molar-refractivity contribution in [3.8, 4) is 5.75 Å². The van der Waals surface area contributed by atoms with Gasteiger partial charge in [-0.05, 0) is 48.9 Å². The lowest BCUT2D eigenvalue weighted by Crippen LogP contribution is -2.33. The number of aryl methyl sites for hydroxylation is 1. The number of fused-ring (bicyclic) bond motifs is 1. The number of nitrogens with one attached hydrogen (secondary N) is 1. The van der Waals surface area contributed by atoms with E-state index < -0.39 is 10.0 Å². The fraction of sp³-hybridized carbons (Fsp3) is 0.409. The summed E-state index contributed by atoms with van der Waals surface area (Å²) in [7, 11) is -1.92. The summed E-state index contributed by atoms with van der Waals surface area (Å²) in [6.45, 7) is 0.237. The number of sulfonamides is 1. The molecule has 1 aliphatic carbocycles. The first kappa shape index (κ1) is 21.2. The van der Waals surface area contributed by atoms with Crippen molar-refractivity contribution in [1.82, 2.24) is 5.32 Å². The molecule has 2 aromatic rings. The van der Waals surface area contributed by atoms with Crippen LogP contribution in [-0.2, 0) is 21.2 Å². The van der Waals surface area contributed by atoms with Crippen molar-refractivity contribution in [1.29, 1.82) is 0 Å². The molecule has 29 heavy (non-hydrogen) atoms. The van der Waals surface area contributed by atoms with E-state index in [1.54, 1.807) is 24.3 Å². The van der Waals surface area contributed by atoms with Crippen LogP contribution in [0.15, 0.2) is 48.5 Å². The number of ether oxygens (including phenoxy) is 1. The second-order valence-electron chi connectivity index (χ2n) is 7.35. The summed E-state index contributed by atoms with van der Waals surface area (Å²) in [6.07, 6.45) is 4.92. The molecular formula is C22H28N2O4S. The molecule has 0 saturated heterocycles. The van der Waals surface area contributed by atoms with Crippen LogP contribution in [0.4, 0.5) is 5.69 Å². The van der Waals surface area contributed by atoms with Gasteiger partial charge in [0.2, 0.25) is 15.9 Å². The monoisotopic (exact) mass is 416 g/mol. The molecular weight excluding hydrogens is 388 g/mol. The molecule has 156 valence electrons. The van der Waals surface area contributed by atoms with E-state index in [0.29, 0.717) is 17.9 Å². The number of carbonyl (C=O) groups is 1. The van der Waals surface area contributed by atoms with E-state index in [1.165, 1.54) is 28.8 Å². The van der Waals surface area contributed by atoms with Crippen LogP contribution in [0.3, 0.4) is 0 Å². The topological polar surface area (TPSA) is 75.7 Å². The lowest BCUT2D eigenvalue weighted by atomic mass is 9.87. The zero-order chi connectivity index (χ0) is 20.9. The van der Waals surface area contributed by atoms with Crippen LogP contribution < -0.4 is 14.4 Å². The highest BCUT2D eigenvalue weighted by Crippen LogP contribution is 2.29. The smallest absolute Gasteiger partial charge is 0.232 e. The van der Waals surface area contributed by atoms with Gasteiger partial charge in [0.25, 0.3) is 0 Å². The minimum Gasteiger partial charge on any atom is -0.497 e. The van der Waals surface area contributed by atoms with Gasteiger partial charge in [-0.1, -0.05) is 30.3 Å². The Labute approximate surface area is 172 Å². The van der Waals surface area contributed by atoms with Gasteiger partial charge in [-0.25, -0.2) is 8.42 Å². The molecule has 0 saturated carbocycles. The zero-order valence-electron chi connectivity index (χ0n) is 16.9. The van der Waals surface area contributed by atoms with Crippen LogP contribution in [0.1, 0.15) is 42.9 Å². The van der Waals surface area contributed by atoms with Crippen LogP contribution in [0.5, 0.6) is 5.75 Å². The van der Waals surface area contributed by atoms with E-state index in [9.17, 15) is 13.2 Å². The largest absolute Gasteiger partial charge is 0.497 e. The van der Waals surface area contributed by atoms with Crippen molar-refractivity contribution < 1.29 is 17.9 Å². The molecule has 1 amide bonds. The molecule has 3 rings (SSSR count). The molecule has 0 spiro atoms. The number of rotatable bonds is 8. The molecule has 1 N–H and O–H groups in total. The molecule has 0 fully saturated rings. The molecule has 2 aromatic carbocycles.